The Morgan fingerprint density at radius 2 is 1.89 bits per heavy atom. The van der Waals surface area contributed by atoms with Gasteiger partial charge in [-0.25, -0.2) is 4.79 Å². The molecule has 4 rings (SSSR count). The number of carbonyl (C=O) groups excluding carboxylic acids is 2. The van der Waals surface area contributed by atoms with Crippen LogP contribution >= 0.6 is 23.2 Å². The van der Waals surface area contributed by atoms with Gasteiger partial charge >= 0.3 is 11.9 Å². The lowest BCUT2D eigenvalue weighted by Crippen LogP contribution is -2.47. The van der Waals surface area contributed by atoms with Crippen LogP contribution in [0.15, 0.2) is 48.5 Å². The van der Waals surface area contributed by atoms with E-state index in [0.717, 1.165) is 11.1 Å². The molecule has 4 atom stereocenters. The highest BCUT2D eigenvalue weighted by atomic mass is 35.5. The first-order valence-electron chi connectivity index (χ1n) is 11.5. The molecular formula is C27H26Cl2O6. The number of carboxylic acid groups (broad SMARTS) is 1. The lowest BCUT2D eigenvalue weighted by molar-refractivity contribution is -0.176. The van der Waals surface area contributed by atoms with Crippen LogP contribution in [0.1, 0.15) is 43.4 Å². The average molecular weight is 517 g/mol. The summed E-state index contributed by atoms with van der Waals surface area (Å²) in [6.07, 6.45) is 0.447. The van der Waals surface area contributed by atoms with Gasteiger partial charge in [-0.05, 0) is 48.6 Å². The number of ketones is 1. The van der Waals surface area contributed by atoms with E-state index in [0.29, 0.717) is 34.0 Å². The predicted molar refractivity (Wildman–Crippen MR) is 132 cm³/mol. The van der Waals surface area contributed by atoms with E-state index in [9.17, 15) is 19.5 Å². The molecule has 2 aromatic carbocycles. The van der Waals surface area contributed by atoms with Crippen molar-refractivity contribution in [3.05, 3.63) is 75.3 Å². The van der Waals surface area contributed by atoms with Gasteiger partial charge in [0.2, 0.25) is 0 Å². The number of carbonyl (C=O) groups is 3. The molecule has 0 saturated heterocycles. The lowest BCUT2D eigenvalue weighted by atomic mass is 9.68. The molecule has 2 aromatic rings. The van der Waals surface area contributed by atoms with Crippen LogP contribution in [0.3, 0.4) is 0 Å². The Kier molecular flexibility index (Phi) is 7.36. The van der Waals surface area contributed by atoms with Gasteiger partial charge in [0.15, 0.2) is 11.9 Å². The van der Waals surface area contributed by atoms with Crippen LogP contribution < -0.4 is 0 Å². The number of hydrogen-bond donors (Lipinski definition) is 1. The number of esters is 1. The van der Waals surface area contributed by atoms with Crippen molar-refractivity contribution in [1.29, 1.82) is 0 Å². The predicted octanol–water partition coefficient (Wildman–Crippen LogP) is 5.52. The highest BCUT2D eigenvalue weighted by Gasteiger charge is 2.52. The van der Waals surface area contributed by atoms with Gasteiger partial charge in [-0.15, -0.1) is 0 Å². The summed E-state index contributed by atoms with van der Waals surface area (Å²) in [6.45, 7) is 3.46. The van der Waals surface area contributed by atoms with E-state index < -0.39 is 35.5 Å². The normalized spacial score (nSPS) is 22.6. The summed E-state index contributed by atoms with van der Waals surface area (Å²) in [4.78, 5) is 37.7. The first-order valence-corrected chi connectivity index (χ1v) is 12.2. The minimum absolute atomic E-state index is 0.00619. The van der Waals surface area contributed by atoms with Gasteiger partial charge in [0.25, 0.3) is 0 Å². The Bertz CT molecular complexity index is 1190. The van der Waals surface area contributed by atoms with Gasteiger partial charge < -0.3 is 14.6 Å². The molecule has 35 heavy (non-hydrogen) atoms. The Morgan fingerprint density at radius 1 is 1.17 bits per heavy atom. The number of carboxylic acids is 1. The first kappa shape index (κ1) is 25.4. The van der Waals surface area contributed by atoms with Gasteiger partial charge in [-0.1, -0.05) is 66.5 Å². The van der Waals surface area contributed by atoms with E-state index in [4.69, 9.17) is 32.7 Å². The number of aliphatic carboxylic acids is 1. The molecule has 0 aromatic heterocycles. The highest BCUT2D eigenvalue weighted by molar-refractivity contribution is 6.43. The second kappa shape index (κ2) is 10.1. The molecule has 2 aliphatic carbocycles. The second-order valence-electron chi connectivity index (χ2n) is 9.08. The van der Waals surface area contributed by atoms with Crippen molar-refractivity contribution in [2.45, 2.75) is 51.9 Å². The largest absolute Gasteiger partial charge is 0.479 e. The van der Waals surface area contributed by atoms with E-state index >= 15 is 0 Å². The Labute approximate surface area is 213 Å². The third-order valence-electron chi connectivity index (χ3n) is 7.04. The van der Waals surface area contributed by atoms with Crippen LogP contribution in [-0.4, -0.2) is 35.0 Å². The molecular weight excluding hydrogens is 491 g/mol. The summed E-state index contributed by atoms with van der Waals surface area (Å²) in [5.41, 5.74) is 2.49. The zero-order valence-corrected chi connectivity index (χ0v) is 20.9. The second-order valence-corrected chi connectivity index (χ2v) is 9.86. The number of fused-ring (bicyclic) bond motifs is 3. The van der Waals surface area contributed by atoms with Crippen molar-refractivity contribution in [2.75, 3.05) is 0 Å². The third-order valence-corrected chi connectivity index (χ3v) is 7.84. The minimum atomic E-state index is -1.48. The summed E-state index contributed by atoms with van der Waals surface area (Å²) in [7, 11) is 0. The van der Waals surface area contributed by atoms with Crippen molar-refractivity contribution in [3.8, 4) is 0 Å². The quantitative estimate of drug-likeness (QED) is 0.464. The lowest BCUT2D eigenvalue weighted by Gasteiger charge is -2.42. The van der Waals surface area contributed by atoms with Gasteiger partial charge in [-0.3, -0.25) is 9.59 Å². The van der Waals surface area contributed by atoms with Crippen molar-refractivity contribution < 1.29 is 29.0 Å². The Morgan fingerprint density at radius 3 is 2.54 bits per heavy atom. The maximum atomic E-state index is 12.7. The topological polar surface area (TPSA) is 89.9 Å². The molecule has 2 aliphatic rings. The van der Waals surface area contributed by atoms with Gasteiger partial charge in [-0.2, -0.15) is 0 Å². The van der Waals surface area contributed by atoms with Crippen LogP contribution in [0.2, 0.25) is 10.0 Å². The fourth-order valence-electron chi connectivity index (χ4n) is 5.09. The van der Waals surface area contributed by atoms with Crippen molar-refractivity contribution in [3.63, 3.8) is 0 Å². The number of hydrogen-bond acceptors (Lipinski definition) is 5. The zero-order valence-electron chi connectivity index (χ0n) is 19.4. The fourth-order valence-corrected chi connectivity index (χ4v) is 5.53. The molecule has 8 heteroatoms. The van der Waals surface area contributed by atoms with E-state index in [1.807, 2.05) is 43.3 Å². The van der Waals surface area contributed by atoms with E-state index in [1.165, 1.54) is 6.92 Å². The molecule has 4 unspecified atom stereocenters. The molecule has 0 amide bonds. The minimum Gasteiger partial charge on any atom is -0.479 e. The molecule has 6 nitrogen and oxygen atoms in total. The summed E-state index contributed by atoms with van der Waals surface area (Å²) >= 11 is 12.8. The van der Waals surface area contributed by atoms with Crippen LogP contribution in [-0.2, 0) is 36.9 Å². The van der Waals surface area contributed by atoms with Gasteiger partial charge in [0.1, 0.15) is 6.61 Å². The third kappa shape index (κ3) is 4.75. The SMILES string of the molecule is CCC12Cc3ccc(Cl)c(Cl)c3C1=CC(=O)CC2OC(C(=O)O)C(C)C(=O)OCc1ccccc1. The molecule has 0 radical (unpaired) electrons. The zero-order chi connectivity index (χ0) is 25.3. The summed E-state index contributed by atoms with van der Waals surface area (Å²) in [5.74, 6) is -3.26. The summed E-state index contributed by atoms with van der Waals surface area (Å²) in [5, 5.41) is 10.7. The number of allylic oxidation sites excluding steroid dienone is 1. The molecule has 0 aliphatic heterocycles. The molecule has 1 N–H and O–H groups in total. The van der Waals surface area contributed by atoms with Gasteiger partial charge in [0.05, 0.1) is 22.1 Å². The van der Waals surface area contributed by atoms with Crippen molar-refractivity contribution >= 4 is 46.5 Å². The van der Waals surface area contributed by atoms with Gasteiger partial charge in [0, 0.05) is 17.4 Å². The van der Waals surface area contributed by atoms with Crippen LogP contribution in [0.25, 0.3) is 5.57 Å². The summed E-state index contributed by atoms with van der Waals surface area (Å²) < 4.78 is 11.5. The molecule has 0 saturated carbocycles. The first-order chi connectivity index (χ1) is 16.7. The summed E-state index contributed by atoms with van der Waals surface area (Å²) in [6, 6.07) is 12.7. The molecule has 184 valence electrons. The van der Waals surface area contributed by atoms with Crippen molar-refractivity contribution in [2.24, 2.45) is 11.3 Å². The molecule has 0 spiro atoms. The van der Waals surface area contributed by atoms with Crippen LogP contribution in [0, 0.1) is 11.3 Å². The Balaban J connectivity index is 1.59. The van der Waals surface area contributed by atoms with E-state index in [1.54, 1.807) is 12.1 Å². The van der Waals surface area contributed by atoms with Crippen LogP contribution in [0.5, 0.6) is 0 Å². The van der Waals surface area contributed by atoms with Crippen molar-refractivity contribution in [1.82, 2.24) is 0 Å². The monoisotopic (exact) mass is 516 g/mol. The van der Waals surface area contributed by atoms with E-state index in [2.05, 4.69) is 0 Å². The molecule has 0 bridgehead atoms. The smallest absolute Gasteiger partial charge is 0.333 e. The molecule has 0 fully saturated rings. The fraction of sp³-hybridized carbons (Fsp3) is 0.370. The average Bonchev–Trinajstić information content (AvgIpc) is 3.18. The number of halogens is 2. The maximum Gasteiger partial charge on any atom is 0.333 e. The standard InChI is InChI=1S/C27H26Cl2O6/c1-3-27-13-17-9-10-20(28)23(29)22(17)19(27)11-18(30)12-21(27)35-24(25(31)32)15(2)26(33)34-14-16-7-5-4-6-8-16/h4-11,15,21,24H,3,12-14H2,1-2H3,(H,31,32). The number of ether oxygens (including phenoxy) is 2. The molecule has 0 heterocycles. The number of rotatable bonds is 8. The van der Waals surface area contributed by atoms with Crippen LogP contribution in [0.4, 0.5) is 0 Å². The highest BCUT2D eigenvalue weighted by Crippen LogP contribution is 2.57. The maximum absolute atomic E-state index is 12.7. The number of benzene rings is 2. The van der Waals surface area contributed by atoms with E-state index in [-0.39, 0.29) is 18.8 Å². The Hall–Kier alpha value is -2.67.